The van der Waals surface area contributed by atoms with Gasteiger partial charge in [-0.2, -0.15) is 0 Å². The summed E-state index contributed by atoms with van der Waals surface area (Å²) in [7, 11) is 3.38. The van der Waals surface area contributed by atoms with Crippen molar-refractivity contribution in [3.8, 4) is 11.5 Å². The summed E-state index contributed by atoms with van der Waals surface area (Å²) >= 11 is 3.54. The smallest absolute Gasteiger partial charge is 0.175 e. The highest BCUT2D eigenvalue weighted by molar-refractivity contribution is 9.10. The summed E-state index contributed by atoms with van der Waals surface area (Å²) in [6, 6.07) is 4.42. The van der Waals surface area contributed by atoms with E-state index in [0.717, 1.165) is 34.5 Å². The van der Waals surface area contributed by atoms with E-state index in [-0.39, 0.29) is 0 Å². The van der Waals surface area contributed by atoms with Gasteiger partial charge >= 0.3 is 0 Å². The maximum absolute atomic E-state index is 5.59. The molecule has 0 radical (unpaired) electrons. The second-order valence-corrected chi connectivity index (χ2v) is 5.34. The molecule has 20 heavy (non-hydrogen) atoms. The van der Waals surface area contributed by atoms with Crippen molar-refractivity contribution < 1.29 is 14.2 Å². The van der Waals surface area contributed by atoms with Crippen molar-refractivity contribution in [2.75, 3.05) is 27.4 Å². The van der Waals surface area contributed by atoms with Crippen LogP contribution in [0.5, 0.6) is 11.5 Å². The molecule has 1 atom stereocenters. The van der Waals surface area contributed by atoms with Crippen LogP contribution in [-0.4, -0.2) is 33.5 Å². The maximum atomic E-state index is 5.59. The average Bonchev–Trinajstić information content (AvgIpc) is 2.45. The van der Waals surface area contributed by atoms with Crippen molar-refractivity contribution >= 4 is 15.9 Å². The summed E-state index contributed by atoms with van der Waals surface area (Å²) in [5.41, 5.74) is 1.15. The minimum Gasteiger partial charge on any atom is -0.493 e. The van der Waals surface area contributed by atoms with Crippen LogP contribution < -0.4 is 14.8 Å². The zero-order valence-electron chi connectivity index (χ0n) is 12.7. The highest BCUT2D eigenvalue weighted by atomic mass is 79.9. The van der Waals surface area contributed by atoms with Crippen LogP contribution >= 0.6 is 15.9 Å². The van der Waals surface area contributed by atoms with E-state index in [9.17, 15) is 0 Å². The molecule has 0 fully saturated rings. The number of halogens is 1. The summed E-state index contributed by atoms with van der Waals surface area (Å²) in [4.78, 5) is 0. The van der Waals surface area contributed by atoms with E-state index in [1.165, 1.54) is 0 Å². The highest BCUT2D eigenvalue weighted by Gasteiger charge is 2.12. The molecule has 114 valence electrons. The van der Waals surface area contributed by atoms with Gasteiger partial charge < -0.3 is 19.5 Å². The Labute approximate surface area is 129 Å². The molecular weight excluding hydrogens is 322 g/mol. The molecule has 0 amide bonds. The lowest BCUT2D eigenvalue weighted by Crippen LogP contribution is -2.32. The van der Waals surface area contributed by atoms with Crippen LogP contribution in [0.2, 0.25) is 0 Å². The van der Waals surface area contributed by atoms with Crippen LogP contribution in [0.3, 0.4) is 0 Å². The van der Waals surface area contributed by atoms with Crippen LogP contribution in [0.1, 0.15) is 25.8 Å². The van der Waals surface area contributed by atoms with Gasteiger partial charge in [0.2, 0.25) is 0 Å². The van der Waals surface area contributed by atoms with Crippen molar-refractivity contribution in [3.05, 3.63) is 22.2 Å². The van der Waals surface area contributed by atoms with E-state index < -0.39 is 0 Å². The minimum atomic E-state index is 0.358. The van der Waals surface area contributed by atoms with Crippen LogP contribution in [0, 0.1) is 0 Å². The van der Waals surface area contributed by atoms with E-state index in [2.05, 4.69) is 34.2 Å². The standard InChI is InChI=1S/C15H24BrNO3/c1-5-12(10-18-3)17-9-11-7-13(16)15(20-6-2)14(8-11)19-4/h7-8,12,17H,5-6,9-10H2,1-4H3. The number of nitrogens with one attached hydrogen (secondary N) is 1. The molecule has 0 saturated heterocycles. The number of rotatable bonds is 9. The first-order valence-corrected chi connectivity index (χ1v) is 7.67. The first-order chi connectivity index (χ1) is 9.65. The molecule has 0 spiro atoms. The highest BCUT2D eigenvalue weighted by Crippen LogP contribution is 2.36. The van der Waals surface area contributed by atoms with Gasteiger partial charge in [0.1, 0.15) is 0 Å². The van der Waals surface area contributed by atoms with Gasteiger partial charge in [0.15, 0.2) is 11.5 Å². The third-order valence-corrected chi connectivity index (χ3v) is 3.62. The second-order valence-electron chi connectivity index (χ2n) is 4.48. The van der Waals surface area contributed by atoms with Gasteiger partial charge in [0.25, 0.3) is 0 Å². The summed E-state index contributed by atoms with van der Waals surface area (Å²) in [5, 5.41) is 3.47. The normalized spacial score (nSPS) is 12.2. The molecule has 0 aliphatic heterocycles. The number of methoxy groups -OCH3 is 2. The number of ether oxygens (including phenoxy) is 3. The third-order valence-electron chi connectivity index (χ3n) is 3.03. The lowest BCUT2D eigenvalue weighted by molar-refractivity contribution is 0.164. The first kappa shape index (κ1) is 17.3. The summed E-state index contributed by atoms with van der Waals surface area (Å²) in [5.74, 6) is 1.50. The molecule has 0 aliphatic carbocycles. The molecule has 4 nitrogen and oxygen atoms in total. The van der Waals surface area contributed by atoms with Crippen LogP contribution in [0.4, 0.5) is 0 Å². The fraction of sp³-hybridized carbons (Fsp3) is 0.600. The molecule has 0 bridgehead atoms. The van der Waals surface area contributed by atoms with Crippen molar-refractivity contribution in [3.63, 3.8) is 0 Å². The largest absolute Gasteiger partial charge is 0.493 e. The van der Waals surface area contributed by atoms with E-state index in [1.54, 1.807) is 14.2 Å². The molecule has 1 rings (SSSR count). The minimum absolute atomic E-state index is 0.358. The van der Waals surface area contributed by atoms with Crippen LogP contribution in [0.25, 0.3) is 0 Å². The predicted octanol–water partition coefficient (Wildman–Crippen LogP) is 3.37. The summed E-state index contributed by atoms with van der Waals surface area (Å²) in [6.07, 6.45) is 1.03. The van der Waals surface area contributed by atoms with Gasteiger partial charge in [-0.25, -0.2) is 0 Å². The Morgan fingerprint density at radius 2 is 2.00 bits per heavy atom. The van der Waals surface area contributed by atoms with Gasteiger partial charge in [-0.3, -0.25) is 0 Å². The van der Waals surface area contributed by atoms with Crippen molar-refractivity contribution in [1.29, 1.82) is 0 Å². The molecule has 1 N–H and O–H groups in total. The van der Waals surface area contributed by atoms with Gasteiger partial charge in [0, 0.05) is 19.7 Å². The lowest BCUT2D eigenvalue weighted by atomic mass is 10.1. The zero-order chi connectivity index (χ0) is 15.0. The Kier molecular flexibility index (Phi) is 7.95. The molecule has 1 unspecified atom stereocenters. The van der Waals surface area contributed by atoms with E-state index in [0.29, 0.717) is 19.3 Å². The van der Waals surface area contributed by atoms with Crippen LogP contribution in [-0.2, 0) is 11.3 Å². The summed E-state index contributed by atoms with van der Waals surface area (Å²) in [6.45, 7) is 6.19. The lowest BCUT2D eigenvalue weighted by Gasteiger charge is -2.17. The molecule has 1 aromatic rings. The Morgan fingerprint density at radius 1 is 1.25 bits per heavy atom. The van der Waals surface area contributed by atoms with Gasteiger partial charge in [-0.15, -0.1) is 0 Å². The monoisotopic (exact) mass is 345 g/mol. The van der Waals surface area contributed by atoms with Crippen molar-refractivity contribution in [1.82, 2.24) is 5.32 Å². The van der Waals surface area contributed by atoms with Gasteiger partial charge in [-0.1, -0.05) is 6.92 Å². The Hall–Kier alpha value is -0.780. The summed E-state index contributed by atoms with van der Waals surface area (Å²) < 4.78 is 17.1. The van der Waals surface area contributed by atoms with Gasteiger partial charge in [0.05, 0.1) is 24.8 Å². The first-order valence-electron chi connectivity index (χ1n) is 6.87. The Balaban J connectivity index is 2.78. The molecule has 5 heteroatoms. The molecule has 0 heterocycles. The zero-order valence-corrected chi connectivity index (χ0v) is 14.2. The number of hydrogen-bond donors (Lipinski definition) is 1. The van der Waals surface area contributed by atoms with Crippen molar-refractivity contribution in [2.24, 2.45) is 0 Å². The van der Waals surface area contributed by atoms with E-state index in [1.807, 2.05) is 13.0 Å². The Morgan fingerprint density at radius 3 is 2.55 bits per heavy atom. The molecule has 0 aromatic heterocycles. The topological polar surface area (TPSA) is 39.7 Å². The number of benzene rings is 1. The maximum Gasteiger partial charge on any atom is 0.175 e. The van der Waals surface area contributed by atoms with E-state index >= 15 is 0 Å². The second kappa shape index (κ2) is 9.21. The SMILES string of the molecule is CCOc1c(Br)cc(CNC(CC)COC)cc1OC. The van der Waals surface area contributed by atoms with Gasteiger partial charge in [-0.05, 0) is 47.0 Å². The molecule has 0 saturated carbocycles. The third kappa shape index (κ3) is 4.96. The predicted molar refractivity (Wildman–Crippen MR) is 84.7 cm³/mol. The number of hydrogen-bond acceptors (Lipinski definition) is 4. The molecule has 0 aliphatic rings. The van der Waals surface area contributed by atoms with Crippen molar-refractivity contribution in [2.45, 2.75) is 32.9 Å². The molecular formula is C15H24BrNO3. The fourth-order valence-electron chi connectivity index (χ4n) is 1.94. The fourth-order valence-corrected chi connectivity index (χ4v) is 2.55. The average molecular weight is 346 g/mol. The van der Waals surface area contributed by atoms with Crippen LogP contribution in [0.15, 0.2) is 16.6 Å². The van der Waals surface area contributed by atoms with E-state index in [4.69, 9.17) is 14.2 Å². The molecule has 1 aromatic carbocycles. The quantitative estimate of drug-likeness (QED) is 0.744. The Bertz CT molecular complexity index is 412.